The molecule has 3 aromatic carbocycles. The molecule has 0 saturated carbocycles. The third-order valence-corrected chi connectivity index (χ3v) is 4.73. The molecule has 3 aromatic rings. The minimum absolute atomic E-state index is 0.801. The number of hydrogen-bond donors (Lipinski definition) is 1. The monoisotopic (exact) mass is 391 g/mol. The molecule has 1 nitrogen and oxygen atoms in total. The van der Waals surface area contributed by atoms with Gasteiger partial charge in [0.05, 0.1) is 0 Å². The van der Waals surface area contributed by atoms with E-state index in [1.54, 1.807) is 0 Å². The molecule has 0 amide bonds. The van der Waals surface area contributed by atoms with Crippen molar-refractivity contribution in [2.24, 2.45) is 0 Å². The van der Waals surface area contributed by atoms with Crippen molar-refractivity contribution in [1.29, 1.82) is 0 Å². The molecule has 3 rings (SSSR count). The van der Waals surface area contributed by atoms with Gasteiger partial charge in [-0.15, -0.1) is 0 Å². The van der Waals surface area contributed by atoms with Gasteiger partial charge < -0.3 is 5.32 Å². The second kappa shape index (κ2) is 12.0. The van der Waals surface area contributed by atoms with E-state index < -0.39 is 0 Å². The summed E-state index contributed by atoms with van der Waals surface area (Å²) in [5, 5.41) is 4.22. The molecule has 0 fully saturated rings. The Morgan fingerprint density at radius 1 is 0.750 bits per heavy atom. The first kappa shape index (κ1) is 21.8. The summed E-state index contributed by atoms with van der Waals surface area (Å²) < 4.78 is 0. The van der Waals surface area contributed by atoms with Gasteiger partial charge in [-0.1, -0.05) is 96.0 Å². The zero-order valence-corrected chi connectivity index (χ0v) is 17.7. The number of nitrogens with one attached hydrogen (secondary N) is 1. The highest BCUT2D eigenvalue weighted by atomic mass is 35.5. The lowest BCUT2D eigenvalue weighted by Gasteiger charge is -2.10. The molecule has 0 heterocycles. The van der Waals surface area contributed by atoms with Gasteiger partial charge in [0.2, 0.25) is 0 Å². The van der Waals surface area contributed by atoms with Crippen molar-refractivity contribution in [2.75, 3.05) is 6.54 Å². The third-order valence-electron chi connectivity index (χ3n) is 4.48. The molecular formula is C26H30ClN. The Hall–Kier alpha value is -2.51. The minimum atomic E-state index is 0.801. The van der Waals surface area contributed by atoms with Gasteiger partial charge in [0.25, 0.3) is 0 Å². The van der Waals surface area contributed by atoms with Crippen LogP contribution >= 0.6 is 11.6 Å². The molecule has 0 atom stereocenters. The minimum Gasteiger partial charge on any atom is -0.388 e. The first-order valence-corrected chi connectivity index (χ1v) is 10.1. The van der Waals surface area contributed by atoms with Crippen molar-refractivity contribution in [3.05, 3.63) is 118 Å². The molecular weight excluding hydrogens is 362 g/mol. The maximum absolute atomic E-state index is 5.61. The van der Waals surface area contributed by atoms with Crippen LogP contribution in [0.1, 0.15) is 28.7 Å². The molecule has 0 aliphatic rings. The number of rotatable bonds is 7. The Morgan fingerprint density at radius 2 is 1.29 bits per heavy atom. The van der Waals surface area contributed by atoms with Crippen LogP contribution in [0.2, 0.25) is 5.02 Å². The van der Waals surface area contributed by atoms with E-state index >= 15 is 0 Å². The Kier molecular flexibility index (Phi) is 9.37. The summed E-state index contributed by atoms with van der Waals surface area (Å²) in [5.41, 5.74) is 6.43. The van der Waals surface area contributed by atoms with E-state index in [0.29, 0.717) is 0 Å². The lowest BCUT2D eigenvalue weighted by molar-refractivity contribution is 0.739. The van der Waals surface area contributed by atoms with E-state index in [1.807, 2.05) is 31.2 Å². The third kappa shape index (κ3) is 8.92. The standard InChI is InChI=1S/C19H23N.C7H7Cl/c1-16-8-11-19(12-9-16)14-15-20-17(2)10-13-18-6-4-3-5-7-18;1-6-2-4-7(8)5-3-6/h3-9,11-12,20H,2,10,13-15H2,1H3;2-5H,1H3. The summed E-state index contributed by atoms with van der Waals surface area (Å²) >= 11 is 5.61. The van der Waals surface area contributed by atoms with Crippen molar-refractivity contribution in [1.82, 2.24) is 5.32 Å². The predicted octanol–water partition coefficient (Wildman–Crippen LogP) is 6.92. The van der Waals surface area contributed by atoms with Gasteiger partial charge in [-0.25, -0.2) is 0 Å². The summed E-state index contributed by atoms with van der Waals surface area (Å²) in [6.07, 6.45) is 3.10. The number of halogens is 1. The smallest absolute Gasteiger partial charge is 0.0406 e. The van der Waals surface area contributed by atoms with Gasteiger partial charge in [0.1, 0.15) is 0 Å². The maximum atomic E-state index is 5.61. The van der Waals surface area contributed by atoms with Crippen molar-refractivity contribution in [3.63, 3.8) is 0 Å². The summed E-state index contributed by atoms with van der Waals surface area (Å²) in [6, 6.07) is 27.0. The van der Waals surface area contributed by atoms with Crippen molar-refractivity contribution in [3.8, 4) is 0 Å². The van der Waals surface area contributed by atoms with Crippen molar-refractivity contribution in [2.45, 2.75) is 33.1 Å². The topological polar surface area (TPSA) is 12.0 Å². The van der Waals surface area contributed by atoms with E-state index in [4.69, 9.17) is 11.6 Å². The molecule has 0 aliphatic carbocycles. The molecule has 0 bridgehead atoms. The van der Waals surface area contributed by atoms with Gasteiger partial charge >= 0.3 is 0 Å². The molecule has 0 unspecified atom stereocenters. The summed E-state index contributed by atoms with van der Waals surface area (Å²) in [6.45, 7) is 9.22. The molecule has 0 radical (unpaired) electrons. The average Bonchev–Trinajstić information content (AvgIpc) is 2.71. The highest BCUT2D eigenvalue weighted by molar-refractivity contribution is 6.30. The fraction of sp³-hybridized carbons (Fsp3) is 0.231. The molecule has 0 aromatic heterocycles. The van der Waals surface area contributed by atoms with Gasteiger partial charge in [0.15, 0.2) is 0 Å². The van der Waals surface area contributed by atoms with Crippen LogP contribution in [0.3, 0.4) is 0 Å². The Morgan fingerprint density at radius 3 is 1.86 bits per heavy atom. The van der Waals surface area contributed by atoms with Crippen LogP contribution in [0.5, 0.6) is 0 Å². The molecule has 0 saturated heterocycles. The van der Waals surface area contributed by atoms with E-state index in [9.17, 15) is 0 Å². The first-order valence-electron chi connectivity index (χ1n) is 9.76. The van der Waals surface area contributed by atoms with Crippen LogP contribution in [0.25, 0.3) is 0 Å². The molecule has 146 valence electrons. The van der Waals surface area contributed by atoms with Crippen LogP contribution in [0, 0.1) is 13.8 Å². The SMILES string of the molecule is C=C(CCc1ccccc1)NCCc1ccc(C)cc1.Cc1ccc(Cl)cc1. The summed E-state index contributed by atoms with van der Waals surface area (Å²) in [5.74, 6) is 0. The average molecular weight is 392 g/mol. The van der Waals surface area contributed by atoms with E-state index in [0.717, 1.165) is 36.5 Å². The highest BCUT2D eigenvalue weighted by Crippen LogP contribution is 2.08. The van der Waals surface area contributed by atoms with Gasteiger partial charge in [0, 0.05) is 17.3 Å². The number of hydrogen-bond acceptors (Lipinski definition) is 1. The van der Waals surface area contributed by atoms with E-state index in [2.05, 4.69) is 73.4 Å². The number of allylic oxidation sites excluding steroid dienone is 1. The highest BCUT2D eigenvalue weighted by Gasteiger charge is 1.97. The van der Waals surface area contributed by atoms with Crippen LogP contribution < -0.4 is 5.32 Å². The Balaban J connectivity index is 0.000000292. The van der Waals surface area contributed by atoms with Crippen LogP contribution in [-0.4, -0.2) is 6.54 Å². The van der Waals surface area contributed by atoms with Gasteiger partial charge in [-0.3, -0.25) is 0 Å². The summed E-state index contributed by atoms with van der Waals surface area (Å²) in [4.78, 5) is 0. The number of benzene rings is 3. The predicted molar refractivity (Wildman–Crippen MR) is 123 cm³/mol. The van der Waals surface area contributed by atoms with Crippen LogP contribution in [0.4, 0.5) is 0 Å². The number of aryl methyl sites for hydroxylation is 3. The zero-order valence-electron chi connectivity index (χ0n) is 16.9. The van der Waals surface area contributed by atoms with Crippen LogP contribution in [0.15, 0.2) is 91.1 Å². The molecule has 28 heavy (non-hydrogen) atoms. The molecule has 0 aliphatic heterocycles. The van der Waals surface area contributed by atoms with Crippen molar-refractivity contribution < 1.29 is 0 Å². The lowest BCUT2D eigenvalue weighted by Crippen LogP contribution is -2.16. The second-order valence-corrected chi connectivity index (χ2v) is 7.48. The lowest BCUT2D eigenvalue weighted by atomic mass is 10.1. The zero-order chi connectivity index (χ0) is 20.2. The fourth-order valence-corrected chi connectivity index (χ4v) is 2.83. The quantitative estimate of drug-likeness (QED) is 0.460. The largest absolute Gasteiger partial charge is 0.388 e. The Bertz CT molecular complexity index is 800. The fourth-order valence-electron chi connectivity index (χ4n) is 2.70. The second-order valence-electron chi connectivity index (χ2n) is 7.05. The molecule has 2 heteroatoms. The van der Waals surface area contributed by atoms with E-state index in [1.165, 1.54) is 22.3 Å². The normalized spacial score (nSPS) is 9.96. The van der Waals surface area contributed by atoms with Crippen LogP contribution in [-0.2, 0) is 12.8 Å². The first-order chi connectivity index (χ1) is 13.5. The summed E-state index contributed by atoms with van der Waals surface area (Å²) in [7, 11) is 0. The molecule has 1 N–H and O–H groups in total. The molecule has 0 spiro atoms. The Labute approximate surface area is 175 Å². The van der Waals surface area contributed by atoms with E-state index in [-0.39, 0.29) is 0 Å². The van der Waals surface area contributed by atoms with Gasteiger partial charge in [-0.05, 0) is 56.4 Å². The van der Waals surface area contributed by atoms with Crippen molar-refractivity contribution >= 4 is 11.6 Å². The maximum Gasteiger partial charge on any atom is 0.0406 e. The van der Waals surface area contributed by atoms with Gasteiger partial charge in [-0.2, -0.15) is 0 Å².